The van der Waals surface area contributed by atoms with Gasteiger partial charge in [0.2, 0.25) is 0 Å². The van der Waals surface area contributed by atoms with E-state index < -0.39 is 0 Å². The van der Waals surface area contributed by atoms with Gasteiger partial charge in [0.05, 0.1) is 17.9 Å². The number of nitrogens with two attached hydrogens (primary N) is 1. The molecule has 0 atom stereocenters. The SMILES string of the molecule is Nc1cccc2c1N(Cc1nnc3n1CCCC3)CC2. The van der Waals surface area contributed by atoms with E-state index in [0.717, 1.165) is 49.8 Å². The van der Waals surface area contributed by atoms with Gasteiger partial charge >= 0.3 is 0 Å². The summed E-state index contributed by atoms with van der Waals surface area (Å²) >= 11 is 0. The minimum Gasteiger partial charge on any atom is -0.397 e. The molecule has 0 saturated carbocycles. The lowest BCUT2D eigenvalue weighted by Crippen LogP contribution is -2.24. The molecule has 0 fully saturated rings. The molecule has 0 unspecified atom stereocenters. The van der Waals surface area contributed by atoms with Gasteiger partial charge in [-0.05, 0) is 30.9 Å². The van der Waals surface area contributed by atoms with Crippen molar-refractivity contribution in [2.45, 2.75) is 38.8 Å². The van der Waals surface area contributed by atoms with Gasteiger partial charge in [0, 0.05) is 19.5 Å². The average molecular weight is 269 g/mol. The van der Waals surface area contributed by atoms with Crippen molar-refractivity contribution in [2.24, 2.45) is 0 Å². The second-order valence-corrected chi connectivity index (χ2v) is 5.67. The Bertz CT molecular complexity index is 646. The van der Waals surface area contributed by atoms with Crippen LogP contribution in [0.2, 0.25) is 0 Å². The van der Waals surface area contributed by atoms with Gasteiger partial charge in [-0.15, -0.1) is 10.2 Å². The van der Waals surface area contributed by atoms with E-state index in [1.807, 2.05) is 12.1 Å². The number of aryl methyl sites for hydroxylation is 1. The van der Waals surface area contributed by atoms with E-state index in [2.05, 4.69) is 25.7 Å². The fourth-order valence-corrected chi connectivity index (χ4v) is 3.38. The smallest absolute Gasteiger partial charge is 0.152 e. The minimum atomic E-state index is 0.814. The van der Waals surface area contributed by atoms with E-state index in [0.29, 0.717) is 0 Å². The lowest BCUT2D eigenvalue weighted by atomic mass is 10.1. The van der Waals surface area contributed by atoms with Gasteiger partial charge in [-0.2, -0.15) is 0 Å². The molecule has 0 spiro atoms. The number of aromatic nitrogens is 3. The normalized spacial score (nSPS) is 17.1. The topological polar surface area (TPSA) is 60.0 Å². The summed E-state index contributed by atoms with van der Waals surface area (Å²) in [5.41, 5.74) is 9.56. The maximum atomic E-state index is 6.14. The summed E-state index contributed by atoms with van der Waals surface area (Å²) in [6.07, 6.45) is 4.60. The zero-order valence-corrected chi connectivity index (χ0v) is 11.5. The molecule has 5 nitrogen and oxygen atoms in total. The molecule has 0 aliphatic carbocycles. The van der Waals surface area contributed by atoms with Gasteiger partial charge in [-0.1, -0.05) is 12.1 Å². The highest BCUT2D eigenvalue weighted by Crippen LogP contribution is 2.34. The van der Waals surface area contributed by atoms with E-state index >= 15 is 0 Å². The number of nitrogens with zero attached hydrogens (tertiary/aromatic N) is 4. The highest BCUT2D eigenvalue weighted by molar-refractivity contribution is 5.74. The van der Waals surface area contributed by atoms with Crippen LogP contribution in [0.15, 0.2) is 18.2 Å². The lowest BCUT2D eigenvalue weighted by molar-refractivity contribution is 0.505. The summed E-state index contributed by atoms with van der Waals surface area (Å²) in [5.74, 6) is 2.22. The van der Waals surface area contributed by atoms with Crippen LogP contribution in [0.5, 0.6) is 0 Å². The Balaban J connectivity index is 1.64. The molecule has 4 rings (SSSR count). The van der Waals surface area contributed by atoms with Crippen molar-refractivity contribution in [1.29, 1.82) is 0 Å². The predicted molar refractivity (Wildman–Crippen MR) is 78.6 cm³/mol. The number of hydrogen-bond acceptors (Lipinski definition) is 4. The average Bonchev–Trinajstić information content (AvgIpc) is 3.06. The molecule has 0 bridgehead atoms. The number of anilines is 2. The third kappa shape index (κ3) is 1.77. The van der Waals surface area contributed by atoms with Crippen molar-refractivity contribution >= 4 is 11.4 Å². The fraction of sp³-hybridized carbons (Fsp3) is 0.467. The van der Waals surface area contributed by atoms with Crippen LogP contribution in [0, 0.1) is 0 Å². The monoisotopic (exact) mass is 269 g/mol. The number of rotatable bonds is 2. The summed E-state index contributed by atoms with van der Waals surface area (Å²) in [7, 11) is 0. The van der Waals surface area contributed by atoms with E-state index in [4.69, 9.17) is 5.73 Å². The highest BCUT2D eigenvalue weighted by atomic mass is 15.3. The molecule has 0 amide bonds. The van der Waals surface area contributed by atoms with E-state index in [-0.39, 0.29) is 0 Å². The number of fused-ring (bicyclic) bond motifs is 2. The Hall–Kier alpha value is -2.04. The maximum absolute atomic E-state index is 6.14. The summed E-state index contributed by atoms with van der Waals surface area (Å²) in [6.45, 7) is 2.89. The molecule has 2 aliphatic heterocycles. The third-order valence-corrected chi connectivity index (χ3v) is 4.39. The van der Waals surface area contributed by atoms with Crippen LogP contribution in [0.3, 0.4) is 0 Å². The Morgan fingerprint density at radius 3 is 3.00 bits per heavy atom. The van der Waals surface area contributed by atoms with Crippen LogP contribution in [-0.4, -0.2) is 21.3 Å². The van der Waals surface area contributed by atoms with Crippen molar-refractivity contribution in [3.8, 4) is 0 Å². The largest absolute Gasteiger partial charge is 0.397 e. The van der Waals surface area contributed by atoms with Crippen LogP contribution < -0.4 is 10.6 Å². The van der Waals surface area contributed by atoms with Crippen LogP contribution in [0.25, 0.3) is 0 Å². The van der Waals surface area contributed by atoms with Gasteiger partial charge in [0.25, 0.3) is 0 Å². The first kappa shape index (κ1) is 11.8. The first-order chi connectivity index (χ1) is 9.83. The fourth-order valence-electron chi connectivity index (χ4n) is 3.38. The van der Waals surface area contributed by atoms with Crippen molar-refractivity contribution in [2.75, 3.05) is 17.2 Å². The molecule has 2 aliphatic rings. The summed E-state index contributed by atoms with van der Waals surface area (Å²) in [5, 5.41) is 8.73. The summed E-state index contributed by atoms with van der Waals surface area (Å²) in [4.78, 5) is 2.34. The van der Waals surface area contributed by atoms with Crippen molar-refractivity contribution in [3.05, 3.63) is 35.4 Å². The van der Waals surface area contributed by atoms with Gasteiger partial charge in [0.1, 0.15) is 5.82 Å². The van der Waals surface area contributed by atoms with E-state index in [1.165, 1.54) is 24.1 Å². The summed E-state index contributed by atoms with van der Waals surface area (Å²) < 4.78 is 2.29. The first-order valence-corrected chi connectivity index (χ1v) is 7.36. The van der Waals surface area contributed by atoms with Crippen molar-refractivity contribution in [1.82, 2.24) is 14.8 Å². The quantitative estimate of drug-likeness (QED) is 0.844. The van der Waals surface area contributed by atoms with Crippen LogP contribution in [-0.2, 0) is 25.9 Å². The maximum Gasteiger partial charge on any atom is 0.152 e. The second kappa shape index (κ2) is 4.51. The Labute approximate surface area is 118 Å². The molecule has 1 aromatic carbocycles. The molecule has 3 heterocycles. The second-order valence-electron chi connectivity index (χ2n) is 5.67. The molecular formula is C15H19N5. The minimum absolute atomic E-state index is 0.814. The Kier molecular flexibility index (Phi) is 2.65. The molecule has 5 heteroatoms. The molecule has 2 aromatic rings. The van der Waals surface area contributed by atoms with E-state index in [1.54, 1.807) is 0 Å². The lowest BCUT2D eigenvalue weighted by Gasteiger charge is -2.22. The number of para-hydroxylation sites is 1. The zero-order valence-electron chi connectivity index (χ0n) is 11.5. The number of nitrogen functional groups attached to an aromatic ring is 1. The van der Waals surface area contributed by atoms with Gasteiger partial charge in [-0.3, -0.25) is 0 Å². The highest BCUT2D eigenvalue weighted by Gasteiger charge is 2.24. The molecule has 1 aromatic heterocycles. The Morgan fingerprint density at radius 2 is 2.05 bits per heavy atom. The van der Waals surface area contributed by atoms with Gasteiger partial charge in [-0.25, -0.2) is 0 Å². The van der Waals surface area contributed by atoms with Crippen molar-refractivity contribution < 1.29 is 0 Å². The first-order valence-electron chi connectivity index (χ1n) is 7.36. The van der Waals surface area contributed by atoms with Gasteiger partial charge in [0.15, 0.2) is 5.82 Å². The number of benzene rings is 1. The molecule has 104 valence electrons. The zero-order chi connectivity index (χ0) is 13.5. The molecule has 2 N–H and O–H groups in total. The molecule has 0 radical (unpaired) electrons. The number of hydrogen-bond donors (Lipinski definition) is 1. The van der Waals surface area contributed by atoms with Crippen LogP contribution >= 0.6 is 0 Å². The predicted octanol–water partition coefficient (Wildman–Crippen LogP) is 1.76. The molecule has 20 heavy (non-hydrogen) atoms. The summed E-state index contributed by atoms with van der Waals surface area (Å²) in [6, 6.07) is 6.19. The Morgan fingerprint density at radius 1 is 1.10 bits per heavy atom. The van der Waals surface area contributed by atoms with Gasteiger partial charge < -0.3 is 15.2 Å². The van der Waals surface area contributed by atoms with Crippen LogP contribution in [0.4, 0.5) is 11.4 Å². The molecular weight excluding hydrogens is 250 g/mol. The van der Waals surface area contributed by atoms with Crippen LogP contribution in [0.1, 0.15) is 30.1 Å². The standard InChI is InChI=1S/C15H19N5/c16-12-5-3-4-11-7-9-19(15(11)12)10-14-18-17-13-6-1-2-8-20(13)14/h3-5H,1-2,6-10,16H2. The molecule has 0 saturated heterocycles. The van der Waals surface area contributed by atoms with Crippen molar-refractivity contribution in [3.63, 3.8) is 0 Å². The van der Waals surface area contributed by atoms with E-state index in [9.17, 15) is 0 Å². The third-order valence-electron chi connectivity index (χ3n) is 4.39.